The van der Waals surface area contributed by atoms with Gasteiger partial charge in [0.25, 0.3) is 0 Å². The van der Waals surface area contributed by atoms with Crippen molar-refractivity contribution in [3.63, 3.8) is 0 Å². The number of urea groups is 1. The molecule has 1 aliphatic rings. The van der Waals surface area contributed by atoms with Crippen LogP contribution >= 0.6 is 23.2 Å². The van der Waals surface area contributed by atoms with Gasteiger partial charge < -0.3 is 10.6 Å². The number of benzene rings is 2. The van der Waals surface area contributed by atoms with Crippen molar-refractivity contribution in [1.29, 1.82) is 0 Å². The lowest BCUT2D eigenvalue weighted by atomic mass is 9.73. The van der Waals surface area contributed by atoms with Crippen LogP contribution in [0.4, 0.5) is 14.9 Å². The predicted octanol–water partition coefficient (Wildman–Crippen LogP) is 5.42. The van der Waals surface area contributed by atoms with E-state index in [1.807, 2.05) is 6.07 Å². The molecule has 0 unspecified atom stereocenters. The molecule has 0 heterocycles. The summed E-state index contributed by atoms with van der Waals surface area (Å²) in [6, 6.07) is 11.0. The molecule has 6 heteroatoms. The second kappa shape index (κ2) is 6.99. The number of hydrogen-bond donors (Lipinski definition) is 2. The Morgan fingerprint density at radius 2 is 1.92 bits per heavy atom. The maximum Gasteiger partial charge on any atom is 0.319 e. The van der Waals surface area contributed by atoms with Crippen molar-refractivity contribution < 1.29 is 9.18 Å². The molecule has 1 fully saturated rings. The topological polar surface area (TPSA) is 41.1 Å². The summed E-state index contributed by atoms with van der Waals surface area (Å²) in [5.41, 5.74) is 0.744. The maximum atomic E-state index is 13.6. The van der Waals surface area contributed by atoms with Gasteiger partial charge in [-0.15, -0.1) is 0 Å². The summed E-state index contributed by atoms with van der Waals surface area (Å²) < 4.78 is 13.6. The van der Waals surface area contributed by atoms with Gasteiger partial charge in [0.15, 0.2) is 0 Å². The number of nitrogens with one attached hydrogen (secondary N) is 2. The lowest BCUT2D eigenvalue weighted by Crippen LogP contribution is -2.56. The second-order valence-corrected chi connectivity index (χ2v) is 6.95. The molecule has 0 aromatic heterocycles. The number of carbonyl (C=O) groups excluding carboxylic acids is 1. The molecule has 1 aliphatic carbocycles. The van der Waals surface area contributed by atoms with E-state index in [9.17, 15) is 9.18 Å². The molecule has 0 saturated heterocycles. The Morgan fingerprint density at radius 1 is 1.17 bits per heavy atom. The normalized spacial score (nSPS) is 15.5. The molecular formula is C18H17Cl2FN2O. The van der Waals surface area contributed by atoms with Crippen molar-refractivity contribution in [2.45, 2.75) is 31.2 Å². The zero-order valence-corrected chi connectivity index (χ0v) is 14.4. The average Bonchev–Trinajstić information content (AvgIpc) is 2.50. The Labute approximate surface area is 150 Å². The molecule has 2 aromatic carbocycles. The summed E-state index contributed by atoms with van der Waals surface area (Å²) in [4.78, 5) is 12.3. The molecule has 2 aromatic rings. The SMILES string of the molecule is O=C(Nc1ccccc1F)NC1(Cc2ccc(Cl)cc2Cl)CCC1. The highest BCUT2D eigenvalue weighted by Crippen LogP contribution is 2.37. The van der Waals surface area contributed by atoms with Gasteiger partial charge in [0.2, 0.25) is 0 Å². The molecule has 0 aliphatic heterocycles. The van der Waals surface area contributed by atoms with E-state index < -0.39 is 11.8 Å². The zero-order chi connectivity index (χ0) is 17.2. The van der Waals surface area contributed by atoms with Gasteiger partial charge in [-0.05, 0) is 55.5 Å². The third-order valence-electron chi connectivity index (χ3n) is 4.36. The average molecular weight is 367 g/mol. The molecule has 0 radical (unpaired) electrons. The van der Waals surface area contributed by atoms with Gasteiger partial charge >= 0.3 is 6.03 Å². The lowest BCUT2D eigenvalue weighted by molar-refractivity contribution is 0.183. The van der Waals surface area contributed by atoms with Gasteiger partial charge in [0, 0.05) is 15.6 Å². The first kappa shape index (κ1) is 17.1. The van der Waals surface area contributed by atoms with Crippen LogP contribution in [0.25, 0.3) is 0 Å². The predicted molar refractivity (Wildman–Crippen MR) is 95.3 cm³/mol. The minimum atomic E-state index is -0.462. The van der Waals surface area contributed by atoms with E-state index in [0.717, 1.165) is 24.8 Å². The van der Waals surface area contributed by atoms with Crippen LogP contribution < -0.4 is 10.6 Å². The monoisotopic (exact) mass is 366 g/mol. The third-order valence-corrected chi connectivity index (χ3v) is 4.94. The van der Waals surface area contributed by atoms with Gasteiger partial charge in [-0.2, -0.15) is 0 Å². The van der Waals surface area contributed by atoms with E-state index >= 15 is 0 Å². The summed E-state index contributed by atoms with van der Waals surface area (Å²) in [6.45, 7) is 0. The molecule has 2 amide bonds. The molecule has 3 rings (SSSR count). The summed E-state index contributed by atoms with van der Waals surface area (Å²) in [5.74, 6) is -0.462. The fourth-order valence-corrected chi connectivity index (χ4v) is 3.41. The highest BCUT2D eigenvalue weighted by molar-refractivity contribution is 6.35. The van der Waals surface area contributed by atoms with Crippen LogP contribution in [0.3, 0.4) is 0 Å². The van der Waals surface area contributed by atoms with E-state index in [0.29, 0.717) is 16.5 Å². The summed E-state index contributed by atoms with van der Waals surface area (Å²) in [5, 5.41) is 6.72. The number of rotatable bonds is 4. The number of amides is 2. The highest BCUT2D eigenvalue weighted by atomic mass is 35.5. The van der Waals surface area contributed by atoms with Gasteiger partial charge in [-0.25, -0.2) is 9.18 Å². The van der Waals surface area contributed by atoms with Crippen molar-refractivity contribution in [2.75, 3.05) is 5.32 Å². The molecule has 3 nitrogen and oxygen atoms in total. The molecule has 24 heavy (non-hydrogen) atoms. The van der Waals surface area contributed by atoms with Crippen LogP contribution in [0.2, 0.25) is 10.0 Å². The van der Waals surface area contributed by atoms with Gasteiger partial charge in [0.05, 0.1) is 5.69 Å². The second-order valence-electron chi connectivity index (χ2n) is 6.11. The number of hydrogen-bond acceptors (Lipinski definition) is 1. The van der Waals surface area contributed by atoms with Crippen LogP contribution in [-0.2, 0) is 6.42 Å². The summed E-state index contributed by atoms with van der Waals surface area (Å²) in [6.07, 6.45) is 3.37. The third kappa shape index (κ3) is 3.82. The van der Waals surface area contributed by atoms with Crippen LogP contribution in [-0.4, -0.2) is 11.6 Å². The fourth-order valence-electron chi connectivity index (χ4n) is 2.94. The smallest absolute Gasteiger partial charge is 0.319 e. The maximum absolute atomic E-state index is 13.6. The molecule has 0 atom stereocenters. The minimum Gasteiger partial charge on any atom is -0.332 e. The van der Waals surface area contributed by atoms with Crippen LogP contribution in [0.1, 0.15) is 24.8 Å². The van der Waals surface area contributed by atoms with Crippen molar-refractivity contribution >= 4 is 34.9 Å². The quantitative estimate of drug-likeness (QED) is 0.744. The highest BCUT2D eigenvalue weighted by Gasteiger charge is 2.39. The molecular weight excluding hydrogens is 350 g/mol. The van der Waals surface area contributed by atoms with E-state index in [-0.39, 0.29) is 11.2 Å². The Kier molecular flexibility index (Phi) is 4.97. The molecule has 126 valence electrons. The molecule has 1 saturated carbocycles. The lowest BCUT2D eigenvalue weighted by Gasteiger charge is -2.43. The van der Waals surface area contributed by atoms with E-state index in [2.05, 4.69) is 10.6 Å². The number of halogens is 3. The van der Waals surface area contributed by atoms with Crippen molar-refractivity contribution in [3.8, 4) is 0 Å². The molecule has 0 bridgehead atoms. The Morgan fingerprint density at radius 3 is 2.54 bits per heavy atom. The van der Waals surface area contributed by atoms with Gasteiger partial charge in [-0.1, -0.05) is 41.4 Å². The van der Waals surface area contributed by atoms with E-state index in [1.54, 1.807) is 24.3 Å². The largest absolute Gasteiger partial charge is 0.332 e. The first-order valence-electron chi connectivity index (χ1n) is 7.75. The van der Waals surface area contributed by atoms with Gasteiger partial charge in [-0.3, -0.25) is 0 Å². The first-order valence-corrected chi connectivity index (χ1v) is 8.51. The first-order chi connectivity index (χ1) is 11.5. The summed E-state index contributed by atoms with van der Waals surface area (Å²) in [7, 11) is 0. The number of para-hydroxylation sites is 1. The summed E-state index contributed by atoms with van der Waals surface area (Å²) >= 11 is 12.2. The van der Waals surface area contributed by atoms with E-state index in [4.69, 9.17) is 23.2 Å². The van der Waals surface area contributed by atoms with E-state index in [1.165, 1.54) is 12.1 Å². The Bertz CT molecular complexity index is 762. The number of carbonyl (C=O) groups is 1. The molecule has 0 spiro atoms. The van der Waals surface area contributed by atoms with Gasteiger partial charge in [0.1, 0.15) is 5.82 Å². The zero-order valence-electron chi connectivity index (χ0n) is 12.9. The Balaban J connectivity index is 1.69. The standard InChI is InChI=1S/C18H17Cl2FN2O/c19-13-7-6-12(14(20)10-13)11-18(8-3-9-18)23-17(24)22-16-5-2-1-4-15(16)21/h1-2,4-7,10H,3,8-9,11H2,(H2,22,23,24). The molecule has 2 N–H and O–H groups in total. The minimum absolute atomic E-state index is 0.161. The number of anilines is 1. The van der Waals surface area contributed by atoms with Crippen LogP contribution in [0.5, 0.6) is 0 Å². The van der Waals surface area contributed by atoms with Crippen LogP contribution in [0, 0.1) is 5.82 Å². The van der Waals surface area contributed by atoms with Crippen molar-refractivity contribution in [1.82, 2.24) is 5.32 Å². The Hall–Kier alpha value is -1.78. The van der Waals surface area contributed by atoms with Crippen molar-refractivity contribution in [3.05, 3.63) is 63.9 Å². The van der Waals surface area contributed by atoms with Crippen LogP contribution in [0.15, 0.2) is 42.5 Å². The van der Waals surface area contributed by atoms with Crippen molar-refractivity contribution in [2.24, 2.45) is 0 Å². The fraction of sp³-hybridized carbons (Fsp3) is 0.278.